The Bertz CT molecular complexity index is 3400. The van der Waals surface area contributed by atoms with Crippen LogP contribution in [0.25, 0.3) is 27.8 Å². The number of hydrogen-bond donors (Lipinski definition) is 3. The van der Waals surface area contributed by atoms with Gasteiger partial charge in [0.15, 0.2) is 0 Å². The number of benzene rings is 2. The van der Waals surface area contributed by atoms with E-state index in [0.717, 1.165) is 11.1 Å². The quantitative estimate of drug-likeness (QED) is 0.141. The van der Waals surface area contributed by atoms with Crippen molar-refractivity contribution in [2.75, 3.05) is 26.2 Å². The molecule has 0 aliphatic carbocycles. The highest BCUT2D eigenvalue weighted by Crippen LogP contribution is 2.30. The Kier molecular flexibility index (Phi) is 15.5. The second kappa shape index (κ2) is 21.9. The summed E-state index contributed by atoms with van der Waals surface area (Å²) in [4.78, 5) is 92.0. The molecule has 2 aliphatic heterocycles. The van der Waals surface area contributed by atoms with Crippen molar-refractivity contribution in [2.45, 2.75) is 53.9 Å². The van der Waals surface area contributed by atoms with Gasteiger partial charge in [-0.05, 0) is 70.5 Å². The Morgan fingerprint density at radius 1 is 0.575 bits per heavy atom. The number of H-pyrrole nitrogens is 1. The Morgan fingerprint density at radius 2 is 1.00 bits per heavy atom. The summed E-state index contributed by atoms with van der Waals surface area (Å²) in [7, 11) is 0. The maximum Gasteiger partial charge on any atom is 0.265 e. The molecule has 20 nitrogen and oxygen atoms in total. The van der Waals surface area contributed by atoms with Gasteiger partial charge in [0.2, 0.25) is 11.8 Å². The van der Waals surface area contributed by atoms with Gasteiger partial charge in [-0.2, -0.15) is 30.4 Å². The van der Waals surface area contributed by atoms with E-state index in [0.29, 0.717) is 57.7 Å². The van der Waals surface area contributed by atoms with Crippen LogP contribution in [-0.2, 0) is 35.8 Å². The summed E-state index contributed by atoms with van der Waals surface area (Å²) < 4.78 is 2.49. The van der Waals surface area contributed by atoms with Crippen molar-refractivity contribution in [1.29, 1.82) is 0 Å². The molecule has 0 bridgehead atoms. The van der Waals surface area contributed by atoms with Crippen molar-refractivity contribution >= 4 is 80.5 Å². The molecule has 8 aromatic rings. The second-order valence-corrected chi connectivity index (χ2v) is 20.2. The monoisotopic (exact) mass is 1050 g/mol. The summed E-state index contributed by atoms with van der Waals surface area (Å²) in [6, 6.07) is 20.2. The first-order valence-electron chi connectivity index (χ1n) is 22.8. The summed E-state index contributed by atoms with van der Waals surface area (Å²) in [5, 5.41) is 25.6. The molecular formula is C50H49Cl3N14O6. The van der Waals surface area contributed by atoms with Gasteiger partial charge in [-0.3, -0.25) is 37.9 Å². The summed E-state index contributed by atoms with van der Waals surface area (Å²) in [6.45, 7) is 10.7. The molecule has 3 N–H and O–H groups in total. The van der Waals surface area contributed by atoms with Gasteiger partial charge in [-0.1, -0.05) is 86.8 Å². The summed E-state index contributed by atoms with van der Waals surface area (Å²) >= 11 is 18.2. The van der Waals surface area contributed by atoms with E-state index in [2.05, 4.69) is 73.9 Å². The zero-order valence-corrected chi connectivity index (χ0v) is 42.3. The number of rotatable bonds is 11. The average molecular weight is 1050 g/mol. The van der Waals surface area contributed by atoms with Crippen molar-refractivity contribution in [3.63, 3.8) is 0 Å². The standard InChI is InChI=1S/C25H24ClN7O3.C23H22Cl2N4O3.C2H3N3/c1-25(2)14-31(15-25)21(34)13-32-22-18(20(7-8-27-22)33-29-9-10-30-33)11-19(24(32)36)23(35)28-12-16-3-5-17(26)6-4-16;1-23(2)12-28(13-23)19(30)11-29-20-16(18(25)7-8-26-20)9-17(22(29)32)21(31)27-10-14-3-5-15(24)6-4-14;1-2-4-5-3-1/h3-11H,12-15H2,1-2H3,(H,28,35);3-9H,10-13H2,1-2H3,(H,27,31);1-2H,(H,3,4,5). The van der Waals surface area contributed by atoms with Crippen LogP contribution >= 0.6 is 34.8 Å². The lowest BCUT2D eigenvalue weighted by molar-refractivity contribution is -0.142. The van der Waals surface area contributed by atoms with Crippen LogP contribution in [0.5, 0.6) is 0 Å². The fourth-order valence-corrected chi connectivity index (χ4v) is 8.79. The minimum atomic E-state index is -0.595. The number of halogens is 3. The van der Waals surface area contributed by atoms with Crippen molar-refractivity contribution in [1.82, 2.24) is 69.9 Å². The molecule has 10 rings (SSSR count). The Balaban J connectivity index is 0.000000179. The SMILES string of the molecule is CC1(C)CN(C(=O)Cn2c(=O)c(C(=O)NCc3ccc(Cl)cc3)cc3c(-n4nccn4)ccnc32)C1.CC1(C)CN(C(=O)Cn2c(=O)c(C(=O)NCc3ccc(Cl)cc3)cc3c(Cl)ccnc32)C1.c1cn[nH]n1. The smallest absolute Gasteiger partial charge is 0.265 e. The zero-order valence-electron chi connectivity index (χ0n) is 40.1. The first-order valence-corrected chi connectivity index (χ1v) is 24.0. The first kappa shape index (κ1) is 51.5. The fraction of sp³-hybridized carbons (Fsp3) is 0.280. The van der Waals surface area contributed by atoms with Crippen LogP contribution in [0.3, 0.4) is 0 Å². The molecule has 0 spiro atoms. The van der Waals surface area contributed by atoms with Crippen LogP contribution in [0.2, 0.25) is 15.1 Å². The molecule has 23 heteroatoms. The highest BCUT2D eigenvalue weighted by atomic mass is 35.5. The molecule has 0 saturated carbocycles. The van der Waals surface area contributed by atoms with Crippen LogP contribution in [0.1, 0.15) is 59.5 Å². The van der Waals surface area contributed by atoms with E-state index in [1.54, 1.807) is 82.9 Å². The highest BCUT2D eigenvalue weighted by molar-refractivity contribution is 6.35. The number of amides is 4. The summed E-state index contributed by atoms with van der Waals surface area (Å²) in [5.74, 6) is -1.53. The van der Waals surface area contributed by atoms with Crippen LogP contribution < -0.4 is 21.8 Å². The maximum atomic E-state index is 13.5. The van der Waals surface area contributed by atoms with E-state index < -0.39 is 22.9 Å². The van der Waals surface area contributed by atoms with E-state index in [-0.39, 0.29) is 71.2 Å². The van der Waals surface area contributed by atoms with Crippen LogP contribution in [0, 0.1) is 10.8 Å². The molecule has 0 unspecified atom stereocenters. The fourth-order valence-electron chi connectivity index (χ4n) is 8.35. The highest BCUT2D eigenvalue weighted by Gasteiger charge is 2.38. The van der Waals surface area contributed by atoms with Crippen molar-refractivity contribution in [3.05, 3.63) is 168 Å². The van der Waals surface area contributed by atoms with Crippen molar-refractivity contribution < 1.29 is 19.2 Å². The third kappa shape index (κ3) is 12.3. The van der Waals surface area contributed by atoms with Crippen LogP contribution in [0.15, 0.2) is 120 Å². The van der Waals surface area contributed by atoms with E-state index in [4.69, 9.17) is 34.8 Å². The number of nitrogens with zero attached hydrogens (tertiary/aromatic N) is 11. The number of hydrogen-bond acceptors (Lipinski definition) is 12. The molecule has 2 aromatic carbocycles. The van der Waals surface area contributed by atoms with Crippen LogP contribution in [-0.4, -0.2) is 109 Å². The van der Waals surface area contributed by atoms with Gasteiger partial charge < -0.3 is 20.4 Å². The topological polar surface area (TPSA) is 241 Å². The number of aromatic amines is 1. The first-order chi connectivity index (χ1) is 34.9. The number of aromatic nitrogens is 10. The molecule has 2 saturated heterocycles. The lowest BCUT2D eigenvalue weighted by atomic mass is 9.84. The second-order valence-electron chi connectivity index (χ2n) is 18.9. The lowest BCUT2D eigenvalue weighted by Gasteiger charge is -2.45. The molecule has 8 heterocycles. The van der Waals surface area contributed by atoms with E-state index in [1.165, 1.54) is 50.9 Å². The Hall–Kier alpha value is -7.81. The van der Waals surface area contributed by atoms with Gasteiger partial charge in [-0.25, -0.2) is 9.97 Å². The lowest BCUT2D eigenvalue weighted by Crippen LogP contribution is -2.56. The predicted octanol–water partition coefficient (Wildman–Crippen LogP) is 5.74. The number of nitrogens with one attached hydrogen (secondary N) is 3. The number of carbonyl (C=O) groups excluding carboxylic acids is 4. The predicted molar refractivity (Wildman–Crippen MR) is 274 cm³/mol. The van der Waals surface area contributed by atoms with Crippen LogP contribution in [0.4, 0.5) is 0 Å². The van der Waals surface area contributed by atoms with E-state index >= 15 is 0 Å². The van der Waals surface area contributed by atoms with Gasteiger partial charge in [0.1, 0.15) is 35.5 Å². The normalized spacial score (nSPS) is 14.2. The summed E-state index contributed by atoms with van der Waals surface area (Å²) in [6.07, 6.45) is 9.21. The zero-order chi connectivity index (χ0) is 52.0. The largest absolute Gasteiger partial charge is 0.348 e. The molecule has 0 atom stereocenters. The maximum absolute atomic E-state index is 13.5. The number of fused-ring (bicyclic) bond motifs is 2. The van der Waals surface area contributed by atoms with E-state index in [1.807, 2.05) is 0 Å². The van der Waals surface area contributed by atoms with Gasteiger partial charge in [-0.15, -0.1) is 0 Å². The number of likely N-dealkylation sites (tertiary alicyclic amines) is 2. The summed E-state index contributed by atoms with van der Waals surface area (Å²) in [5.41, 5.74) is 1.46. The van der Waals surface area contributed by atoms with Gasteiger partial charge in [0, 0.05) is 72.5 Å². The molecule has 0 radical (unpaired) electrons. The van der Waals surface area contributed by atoms with Gasteiger partial charge >= 0.3 is 0 Å². The Morgan fingerprint density at radius 3 is 1.42 bits per heavy atom. The van der Waals surface area contributed by atoms with Gasteiger partial charge in [0.05, 0.1) is 35.5 Å². The van der Waals surface area contributed by atoms with E-state index in [9.17, 15) is 28.8 Å². The van der Waals surface area contributed by atoms with Crippen molar-refractivity contribution in [3.8, 4) is 5.69 Å². The number of pyridine rings is 4. The van der Waals surface area contributed by atoms with Crippen molar-refractivity contribution in [2.24, 2.45) is 10.8 Å². The molecule has 376 valence electrons. The molecule has 6 aromatic heterocycles. The molecule has 73 heavy (non-hydrogen) atoms. The molecule has 4 amide bonds. The molecular weight excluding hydrogens is 999 g/mol. The Labute approximate surface area is 432 Å². The average Bonchev–Trinajstić information content (AvgIpc) is 4.13. The van der Waals surface area contributed by atoms with Gasteiger partial charge in [0.25, 0.3) is 22.9 Å². The molecule has 2 fully saturated rings. The third-order valence-corrected chi connectivity index (χ3v) is 12.7. The third-order valence-electron chi connectivity index (χ3n) is 11.9. The number of carbonyl (C=O) groups is 4. The minimum Gasteiger partial charge on any atom is -0.348 e. The minimum absolute atomic E-state index is 0.0449. The molecule has 2 aliphatic rings.